The SMILES string of the molecule is N#CCC(O)c1ccc2ccccc2n1. The summed E-state index contributed by atoms with van der Waals surface area (Å²) in [7, 11) is 0. The molecule has 0 amide bonds. The van der Waals surface area contributed by atoms with Crippen LogP contribution in [-0.4, -0.2) is 10.1 Å². The molecule has 0 fully saturated rings. The fourth-order valence-corrected chi connectivity index (χ4v) is 1.46. The van der Waals surface area contributed by atoms with Gasteiger partial charge in [0.15, 0.2) is 0 Å². The van der Waals surface area contributed by atoms with Gasteiger partial charge in [-0.05, 0) is 12.1 Å². The number of rotatable bonds is 2. The van der Waals surface area contributed by atoms with Gasteiger partial charge in [0.2, 0.25) is 0 Å². The Morgan fingerprint density at radius 3 is 2.87 bits per heavy atom. The van der Waals surface area contributed by atoms with Crippen LogP contribution < -0.4 is 0 Å². The normalized spacial score (nSPS) is 12.3. The van der Waals surface area contributed by atoms with Crippen molar-refractivity contribution in [3.63, 3.8) is 0 Å². The summed E-state index contributed by atoms with van der Waals surface area (Å²) in [5, 5.41) is 19.1. The van der Waals surface area contributed by atoms with Gasteiger partial charge in [0, 0.05) is 5.39 Å². The van der Waals surface area contributed by atoms with Gasteiger partial charge in [-0.25, -0.2) is 0 Å². The zero-order valence-corrected chi connectivity index (χ0v) is 8.09. The van der Waals surface area contributed by atoms with E-state index >= 15 is 0 Å². The molecule has 1 aromatic heterocycles. The first kappa shape index (κ1) is 9.63. The molecule has 2 aromatic rings. The molecule has 0 saturated heterocycles. The molecule has 1 unspecified atom stereocenters. The molecule has 1 N–H and O–H groups in total. The van der Waals surface area contributed by atoms with E-state index in [2.05, 4.69) is 4.98 Å². The van der Waals surface area contributed by atoms with Crippen molar-refractivity contribution in [2.24, 2.45) is 0 Å². The minimum Gasteiger partial charge on any atom is -0.386 e. The van der Waals surface area contributed by atoms with E-state index < -0.39 is 6.10 Å². The van der Waals surface area contributed by atoms with Crippen LogP contribution >= 0.6 is 0 Å². The van der Waals surface area contributed by atoms with Gasteiger partial charge in [0.1, 0.15) is 6.10 Å². The molecule has 3 nitrogen and oxygen atoms in total. The summed E-state index contributed by atoms with van der Waals surface area (Å²) in [4.78, 5) is 4.29. The Bertz CT molecular complexity index is 516. The number of aliphatic hydroxyl groups is 1. The van der Waals surface area contributed by atoms with Crippen molar-refractivity contribution < 1.29 is 5.11 Å². The molecule has 74 valence electrons. The largest absolute Gasteiger partial charge is 0.386 e. The van der Waals surface area contributed by atoms with Gasteiger partial charge in [-0.1, -0.05) is 24.3 Å². The molecule has 0 aliphatic heterocycles. The summed E-state index contributed by atoms with van der Waals surface area (Å²) in [5.74, 6) is 0. The maximum Gasteiger partial charge on any atom is 0.109 e. The molecular formula is C12H10N2O. The molecule has 1 heterocycles. The van der Waals surface area contributed by atoms with Gasteiger partial charge in [-0.3, -0.25) is 4.98 Å². The highest BCUT2D eigenvalue weighted by atomic mass is 16.3. The maximum absolute atomic E-state index is 9.59. The Morgan fingerprint density at radius 1 is 1.27 bits per heavy atom. The van der Waals surface area contributed by atoms with Gasteiger partial charge in [-0.15, -0.1) is 0 Å². The van der Waals surface area contributed by atoms with E-state index in [0.29, 0.717) is 5.69 Å². The number of benzene rings is 1. The lowest BCUT2D eigenvalue weighted by Gasteiger charge is -2.06. The first-order valence-corrected chi connectivity index (χ1v) is 4.72. The number of para-hydroxylation sites is 1. The van der Waals surface area contributed by atoms with Crippen molar-refractivity contribution in [2.75, 3.05) is 0 Å². The number of aliphatic hydroxyl groups excluding tert-OH is 1. The number of hydrogen-bond acceptors (Lipinski definition) is 3. The van der Waals surface area contributed by atoms with E-state index in [0.717, 1.165) is 10.9 Å². The first-order valence-electron chi connectivity index (χ1n) is 4.72. The molecular weight excluding hydrogens is 188 g/mol. The molecule has 15 heavy (non-hydrogen) atoms. The van der Waals surface area contributed by atoms with Crippen molar-refractivity contribution in [1.29, 1.82) is 5.26 Å². The lowest BCUT2D eigenvalue weighted by atomic mass is 10.1. The van der Waals surface area contributed by atoms with Crippen LogP contribution in [0, 0.1) is 11.3 Å². The number of aromatic nitrogens is 1. The van der Waals surface area contributed by atoms with Crippen molar-refractivity contribution in [1.82, 2.24) is 4.98 Å². The van der Waals surface area contributed by atoms with Crippen LogP contribution in [0.15, 0.2) is 36.4 Å². The second-order valence-corrected chi connectivity index (χ2v) is 3.31. The summed E-state index contributed by atoms with van der Waals surface area (Å²) in [6.07, 6.45) is -0.717. The van der Waals surface area contributed by atoms with E-state index in [9.17, 15) is 5.11 Å². The minimum atomic E-state index is -0.792. The van der Waals surface area contributed by atoms with Crippen LogP contribution in [0.1, 0.15) is 18.2 Å². The number of nitrogens with zero attached hydrogens (tertiary/aromatic N) is 2. The van der Waals surface area contributed by atoms with Crippen LogP contribution in [0.3, 0.4) is 0 Å². The average Bonchev–Trinajstić information content (AvgIpc) is 2.29. The highest BCUT2D eigenvalue weighted by Crippen LogP contribution is 2.18. The number of nitriles is 1. The highest BCUT2D eigenvalue weighted by molar-refractivity contribution is 5.78. The molecule has 0 aliphatic rings. The monoisotopic (exact) mass is 198 g/mol. The van der Waals surface area contributed by atoms with Crippen LogP contribution in [0.5, 0.6) is 0 Å². The zero-order valence-electron chi connectivity index (χ0n) is 8.09. The highest BCUT2D eigenvalue weighted by Gasteiger charge is 2.08. The third-order valence-corrected chi connectivity index (χ3v) is 2.25. The Hall–Kier alpha value is -1.92. The fraction of sp³-hybridized carbons (Fsp3) is 0.167. The van der Waals surface area contributed by atoms with E-state index in [1.165, 1.54) is 0 Å². The second kappa shape index (κ2) is 4.07. The molecule has 3 heteroatoms. The van der Waals surface area contributed by atoms with Crippen LogP contribution in [-0.2, 0) is 0 Å². The molecule has 0 spiro atoms. The summed E-state index contributed by atoms with van der Waals surface area (Å²) in [6, 6.07) is 13.3. The molecule has 0 radical (unpaired) electrons. The van der Waals surface area contributed by atoms with Gasteiger partial charge in [0.25, 0.3) is 0 Å². The maximum atomic E-state index is 9.59. The minimum absolute atomic E-state index is 0.0747. The molecule has 1 aromatic carbocycles. The summed E-state index contributed by atoms with van der Waals surface area (Å²) in [6.45, 7) is 0. The van der Waals surface area contributed by atoms with E-state index in [-0.39, 0.29) is 6.42 Å². The Kier molecular flexibility index (Phi) is 2.61. The molecule has 0 aliphatic carbocycles. The van der Waals surface area contributed by atoms with Crippen molar-refractivity contribution in [2.45, 2.75) is 12.5 Å². The fourth-order valence-electron chi connectivity index (χ4n) is 1.46. The lowest BCUT2D eigenvalue weighted by Crippen LogP contribution is -1.99. The van der Waals surface area contributed by atoms with Gasteiger partial charge in [-0.2, -0.15) is 5.26 Å². The van der Waals surface area contributed by atoms with Crippen LogP contribution in [0.4, 0.5) is 0 Å². The second-order valence-electron chi connectivity index (χ2n) is 3.31. The molecule has 0 bridgehead atoms. The van der Waals surface area contributed by atoms with Gasteiger partial charge < -0.3 is 5.11 Å². The zero-order chi connectivity index (χ0) is 10.7. The quantitative estimate of drug-likeness (QED) is 0.804. The van der Waals surface area contributed by atoms with E-state index in [4.69, 9.17) is 5.26 Å². The van der Waals surface area contributed by atoms with Crippen molar-refractivity contribution >= 4 is 10.9 Å². The predicted molar refractivity (Wildman–Crippen MR) is 56.9 cm³/mol. The number of hydrogen-bond donors (Lipinski definition) is 1. The standard InChI is InChI=1S/C12H10N2O/c13-8-7-12(15)11-6-5-9-3-1-2-4-10(9)14-11/h1-6,12,15H,7H2. The number of fused-ring (bicyclic) bond motifs is 1. The summed E-state index contributed by atoms with van der Waals surface area (Å²) >= 11 is 0. The Balaban J connectivity index is 2.43. The summed E-state index contributed by atoms with van der Waals surface area (Å²) < 4.78 is 0. The molecule has 2 rings (SSSR count). The Labute approximate surface area is 87.6 Å². The lowest BCUT2D eigenvalue weighted by molar-refractivity contribution is 0.179. The van der Waals surface area contributed by atoms with Gasteiger partial charge >= 0.3 is 0 Å². The third kappa shape index (κ3) is 1.95. The summed E-state index contributed by atoms with van der Waals surface area (Å²) in [5.41, 5.74) is 1.39. The molecule has 1 atom stereocenters. The predicted octanol–water partition coefficient (Wildman–Crippen LogP) is 2.18. The Morgan fingerprint density at radius 2 is 2.07 bits per heavy atom. The topological polar surface area (TPSA) is 56.9 Å². The van der Waals surface area contributed by atoms with Crippen molar-refractivity contribution in [3.8, 4) is 6.07 Å². The number of pyridine rings is 1. The smallest absolute Gasteiger partial charge is 0.109 e. The third-order valence-electron chi connectivity index (χ3n) is 2.25. The average molecular weight is 198 g/mol. The van der Waals surface area contributed by atoms with Crippen LogP contribution in [0.2, 0.25) is 0 Å². The van der Waals surface area contributed by atoms with Gasteiger partial charge in [0.05, 0.1) is 23.7 Å². The van der Waals surface area contributed by atoms with E-state index in [1.54, 1.807) is 6.07 Å². The van der Waals surface area contributed by atoms with Crippen molar-refractivity contribution in [3.05, 3.63) is 42.1 Å². The van der Waals surface area contributed by atoms with E-state index in [1.807, 2.05) is 36.4 Å². The first-order chi connectivity index (χ1) is 7.31. The van der Waals surface area contributed by atoms with Crippen LogP contribution in [0.25, 0.3) is 10.9 Å². The molecule has 0 saturated carbocycles.